The lowest BCUT2D eigenvalue weighted by molar-refractivity contribution is -0.168. The highest BCUT2D eigenvalue weighted by molar-refractivity contribution is 6.00. The van der Waals surface area contributed by atoms with Crippen LogP contribution in [-0.4, -0.2) is 61.2 Å². The van der Waals surface area contributed by atoms with Crippen LogP contribution in [0.2, 0.25) is 0 Å². The highest BCUT2D eigenvalue weighted by Gasteiger charge is 2.33. The number of ketones is 1. The largest absolute Gasteiger partial charge is 0.496 e. The fourth-order valence-electron chi connectivity index (χ4n) is 4.18. The van der Waals surface area contributed by atoms with Crippen LogP contribution in [0.4, 0.5) is 34.1 Å². The van der Waals surface area contributed by atoms with Crippen LogP contribution in [-0.2, 0) is 16.1 Å². The number of carbonyl (C=O) groups is 3. The summed E-state index contributed by atoms with van der Waals surface area (Å²) in [7, 11) is 3.58. The van der Waals surface area contributed by atoms with E-state index in [1.807, 2.05) is 43.4 Å². The Morgan fingerprint density at radius 2 is 1.67 bits per heavy atom. The topological polar surface area (TPSA) is 135 Å². The molecule has 0 spiro atoms. The molecule has 0 saturated heterocycles. The summed E-state index contributed by atoms with van der Waals surface area (Å²) in [6.07, 6.45) is -1.88. The molecular formula is C34H38F3N5O6. The van der Waals surface area contributed by atoms with Gasteiger partial charge in [-0.05, 0) is 49.0 Å². The number of aromatic nitrogens is 1. The first-order valence-corrected chi connectivity index (χ1v) is 14.9. The van der Waals surface area contributed by atoms with Gasteiger partial charge in [-0.1, -0.05) is 49.4 Å². The number of ether oxygens (including phenoxy) is 2. The van der Waals surface area contributed by atoms with E-state index in [1.165, 1.54) is 6.39 Å². The number of hydrogen-bond acceptors (Lipinski definition) is 8. The maximum Gasteiger partial charge on any atom is 0.449 e. The first-order chi connectivity index (χ1) is 22.9. The second-order valence-corrected chi connectivity index (χ2v) is 10.5. The molecule has 0 fully saturated rings. The number of Topliss-reactive ketones (excluding diaryl/α,β-unsaturated/α-hetero) is 1. The molecule has 14 heteroatoms. The van der Waals surface area contributed by atoms with Crippen molar-refractivity contribution in [2.75, 3.05) is 37.9 Å². The van der Waals surface area contributed by atoms with Crippen molar-refractivity contribution in [3.63, 3.8) is 0 Å². The predicted octanol–water partition coefficient (Wildman–Crippen LogP) is 7.44. The monoisotopic (exact) mass is 669 g/mol. The van der Waals surface area contributed by atoms with Crippen molar-refractivity contribution in [2.45, 2.75) is 39.1 Å². The van der Waals surface area contributed by atoms with Gasteiger partial charge >= 0.3 is 18.3 Å². The summed E-state index contributed by atoms with van der Waals surface area (Å²) in [6, 6.07) is 21.8. The van der Waals surface area contributed by atoms with Crippen molar-refractivity contribution in [3.05, 3.63) is 96.5 Å². The van der Waals surface area contributed by atoms with Crippen LogP contribution in [0.25, 0.3) is 11.3 Å². The number of alkyl halides is 3. The van der Waals surface area contributed by atoms with Gasteiger partial charge in [0, 0.05) is 43.9 Å². The fraction of sp³-hybridized carbons (Fsp3) is 0.294. The molecule has 4 rings (SSSR count). The third-order valence-corrected chi connectivity index (χ3v) is 6.91. The first-order valence-electron chi connectivity index (χ1n) is 14.9. The van der Waals surface area contributed by atoms with E-state index in [0.29, 0.717) is 36.2 Å². The number of urea groups is 1. The average Bonchev–Trinajstić information content (AvgIpc) is 3.61. The minimum atomic E-state index is -4.64. The molecule has 0 bridgehead atoms. The quantitative estimate of drug-likeness (QED) is 0.142. The van der Waals surface area contributed by atoms with Gasteiger partial charge < -0.3 is 34.7 Å². The summed E-state index contributed by atoms with van der Waals surface area (Å²) >= 11 is 0. The number of oxazole rings is 1. The van der Waals surface area contributed by atoms with E-state index in [0.717, 1.165) is 29.8 Å². The molecule has 4 aromatic rings. The number of nitrogens with zero attached hydrogens (tertiary/aromatic N) is 2. The van der Waals surface area contributed by atoms with E-state index in [2.05, 4.69) is 32.8 Å². The molecule has 3 N–H and O–H groups in total. The van der Waals surface area contributed by atoms with Gasteiger partial charge in [-0.3, -0.25) is 4.79 Å². The molecule has 1 aromatic heterocycles. The van der Waals surface area contributed by atoms with Crippen molar-refractivity contribution in [1.82, 2.24) is 15.2 Å². The summed E-state index contributed by atoms with van der Waals surface area (Å²) in [4.78, 5) is 40.8. The second-order valence-electron chi connectivity index (χ2n) is 10.5. The number of anilines is 2. The van der Waals surface area contributed by atoms with Crippen LogP contribution in [0.5, 0.6) is 5.75 Å². The van der Waals surface area contributed by atoms with Gasteiger partial charge in [-0.2, -0.15) is 13.2 Å². The molecule has 0 aliphatic heterocycles. The highest BCUT2D eigenvalue weighted by Crippen LogP contribution is 2.32. The Kier molecular flexibility index (Phi) is 14.0. The molecule has 256 valence electrons. The van der Waals surface area contributed by atoms with Crippen LogP contribution in [0, 0.1) is 0 Å². The van der Waals surface area contributed by atoms with Gasteiger partial charge in [0.2, 0.25) is 5.78 Å². The molecule has 1 heterocycles. The van der Waals surface area contributed by atoms with Crippen LogP contribution in [0.15, 0.2) is 89.8 Å². The highest BCUT2D eigenvalue weighted by atomic mass is 19.4. The zero-order chi connectivity index (χ0) is 35.1. The number of halogens is 3. The molecule has 3 aromatic carbocycles. The Morgan fingerprint density at radius 3 is 2.27 bits per heavy atom. The van der Waals surface area contributed by atoms with Crippen molar-refractivity contribution in [3.8, 4) is 17.1 Å². The lowest BCUT2D eigenvalue weighted by atomic mass is 10.1. The molecule has 0 aliphatic rings. The summed E-state index contributed by atoms with van der Waals surface area (Å²) in [6.45, 7) is 4.54. The molecule has 1 atom stereocenters. The number of hydrogen-bond donors (Lipinski definition) is 3. The average molecular weight is 670 g/mol. The standard InChI is InChI=1S/C31H35N5O5.C3H3F3O/c1-4-36(2)16-15-27(23-10-6-5-7-11-23)41-31(38)33-19-22-9-8-12-24(17-22)34-30(37)35-25-13-14-26(28(18-25)39-3)29-20-32-21-40-29;1-2(7)3(4,5)6/h5-14,17-18,20-21,27H,4,15-16,19H2,1-3H3,(H,33,38)(H2,34,35,37);1H3. The Morgan fingerprint density at radius 1 is 0.979 bits per heavy atom. The fourth-order valence-corrected chi connectivity index (χ4v) is 4.18. The van der Waals surface area contributed by atoms with E-state index >= 15 is 0 Å². The van der Waals surface area contributed by atoms with Gasteiger partial charge in [-0.25, -0.2) is 14.6 Å². The summed E-state index contributed by atoms with van der Waals surface area (Å²) in [5.41, 5.74) is 3.60. The number of nitrogens with one attached hydrogen (secondary N) is 3. The SMILES string of the molecule is CC(=O)C(F)(F)F.CCN(C)CCC(OC(=O)NCc1cccc(NC(=O)Nc2ccc(-c3cnco3)c(OC)c2)c1)c1ccccc1. The smallest absolute Gasteiger partial charge is 0.449 e. The van der Waals surface area contributed by atoms with Gasteiger partial charge in [0.1, 0.15) is 11.9 Å². The summed E-state index contributed by atoms with van der Waals surface area (Å²) in [5, 5.41) is 8.44. The molecule has 0 aliphatic carbocycles. The molecule has 1 unspecified atom stereocenters. The Labute approximate surface area is 276 Å². The molecule has 3 amide bonds. The number of alkyl carbamates (subject to hydrolysis) is 1. The maximum atomic E-state index is 12.7. The van der Waals surface area contributed by atoms with E-state index in [-0.39, 0.29) is 12.6 Å². The maximum absolute atomic E-state index is 12.7. The minimum absolute atomic E-state index is 0.243. The summed E-state index contributed by atoms with van der Waals surface area (Å²) in [5.74, 6) is -0.661. The van der Waals surface area contributed by atoms with E-state index in [9.17, 15) is 27.6 Å². The van der Waals surface area contributed by atoms with Crippen LogP contribution in [0.1, 0.15) is 37.5 Å². The van der Waals surface area contributed by atoms with Crippen molar-refractivity contribution >= 4 is 29.3 Å². The second kappa shape index (κ2) is 18.1. The number of benzene rings is 3. The van der Waals surface area contributed by atoms with Gasteiger partial charge in [-0.15, -0.1) is 0 Å². The first kappa shape index (κ1) is 37.1. The van der Waals surface area contributed by atoms with Crippen LogP contribution >= 0.6 is 0 Å². The van der Waals surface area contributed by atoms with Gasteiger partial charge in [0.15, 0.2) is 12.2 Å². The zero-order valence-electron chi connectivity index (χ0n) is 27.0. The minimum Gasteiger partial charge on any atom is -0.496 e. The van der Waals surface area contributed by atoms with Crippen LogP contribution < -0.4 is 20.7 Å². The molecule has 11 nitrogen and oxygen atoms in total. The van der Waals surface area contributed by atoms with Crippen molar-refractivity contribution in [2.24, 2.45) is 0 Å². The van der Waals surface area contributed by atoms with Crippen molar-refractivity contribution in [1.29, 1.82) is 0 Å². The van der Waals surface area contributed by atoms with Gasteiger partial charge in [0.05, 0.1) is 18.9 Å². The number of amides is 3. The lowest BCUT2D eigenvalue weighted by Crippen LogP contribution is -2.28. The van der Waals surface area contributed by atoms with E-state index < -0.39 is 24.1 Å². The molecule has 0 saturated carbocycles. The Hall–Kier alpha value is -5.37. The molecular weight excluding hydrogens is 631 g/mol. The molecule has 0 radical (unpaired) electrons. The third kappa shape index (κ3) is 12.1. The van der Waals surface area contributed by atoms with Crippen molar-refractivity contribution < 1.29 is 41.4 Å². The predicted molar refractivity (Wildman–Crippen MR) is 175 cm³/mol. The van der Waals surface area contributed by atoms with Gasteiger partial charge in [0.25, 0.3) is 0 Å². The number of carbonyl (C=O) groups excluding carboxylic acids is 3. The normalized spacial score (nSPS) is 11.5. The van der Waals surface area contributed by atoms with E-state index in [1.54, 1.807) is 49.7 Å². The Bertz CT molecular complexity index is 1620. The van der Waals surface area contributed by atoms with Crippen LogP contribution in [0.3, 0.4) is 0 Å². The molecule has 48 heavy (non-hydrogen) atoms. The lowest BCUT2D eigenvalue weighted by Gasteiger charge is -2.22. The third-order valence-electron chi connectivity index (χ3n) is 6.91. The summed E-state index contributed by atoms with van der Waals surface area (Å²) < 4.78 is 49.1. The number of methoxy groups -OCH3 is 1. The van der Waals surface area contributed by atoms with E-state index in [4.69, 9.17) is 13.9 Å². The number of rotatable bonds is 12. The Balaban J connectivity index is 0.000000804. The zero-order valence-corrected chi connectivity index (χ0v) is 27.0.